The Labute approximate surface area is 237 Å². The number of ether oxygens (including phenoxy) is 4. The van der Waals surface area contributed by atoms with E-state index in [0.717, 1.165) is 5.56 Å². The number of piperidine rings is 1. The van der Waals surface area contributed by atoms with Gasteiger partial charge in [-0.3, -0.25) is 13.9 Å². The molecule has 10 heteroatoms. The molecule has 214 valence electrons. The van der Waals surface area contributed by atoms with Crippen molar-refractivity contribution in [1.29, 1.82) is 0 Å². The van der Waals surface area contributed by atoms with Gasteiger partial charge in [0.2, 0.25) is 0 Å². The van der Waals surface area contributed by atoms with Gasteiger partial charge in [-0.2, -0.15) is 0 Å². The number of benzene rings is 3. The summed E-state index contributed by atoms with van der Waals surface area (Å²) in [6.07, 6.45) is 0.704. The molecule has 0 aliphatic carbocycles. The van der Waals surface area contributed by atoms with Gasteiger partial charge in [0.15, 0.2) is 11.5 Å². The number of carbonyl (C=O) groups excluding carboxylic acids is 1. The molecular formula is C31H33N3O7. The minimum atomic E-state index is -0.410. The van der Waals surface area contributed by atoms with Crippen LogP contribution in [0.5, 0.6) is 17.2 Å². The molecule has 0 spiro atoms. The van der Waals surface area contributed by atoms with Crippen molar-refractivity contribution in [2.45, 2.75) is 32.0 Å². The number of nitrogens with zero attached hydrogens (tertiary/aromatic N) is 3. The smallest absolute Gasteiger partial charge is 0.409 e. The van der Waals surface area contributed by atoms with E-state index in [-0.39, 0.29) is 18.7 Å². The van der Waals surface area contributed by atoms with Crippen LogP contribution in [0.15, 0.2) is 76.3 Å². The third kappa shape index (κ3) is 5.77. The van der Waals surface area contributed by atoms with E-state index in [9.17, 15) is 14.4 Å². The second-order valence-electron chi connectivity index (χ2n) is 9.87. The van der Waals surface area contributed by atoms with Gasteiger partial charge in [-0.25, -0.2) is 9.59 Å². The van der Waals surface area contributed by atoms with Crippen molar-refractivity contribution in [3.8, 4) is 17.2 Å². The molecule has 3 aromatic carbocycles. The Hall–Kier alpha value is -4.73. The lowest BCUT2D eigenvalue weighted by Crippen LogP contribution is -2.45. The van der Waals surface area contributed by atoms with Gasteiger partial charge in [0.25, 0.3) is 5.56 Å². The zero-order chi connectivity index (χ0) is 28.9. The number of hydrogen-bond acceptors (Lipinski definition) is 7. The molecule has 0 bridgehead atoms. The van der Waals surface area contributed by atoms with Crippen molar-refractivity contribution in [3.05, 3.63) is 98.7 Å². The maximum Gasteiger partial charge on any atom is 0.409 e. The normalized spacial score (nSPS) is 13.7. The minimum absolute atomic E-state index is 0.0457. The molecule has 5 rings (SSSR count). The fraction of sp³-hybridized carbons (Fsp3) is 0.323. The van der Waals surface area contributed by atoms with Gasteiger partial charge in [-0.05, 0) is 54.3 Å². The predicted molar refractivity (Wildman–Crippen MR) is 154 cm³/mol. The molecule has 4 aromatic rings. The molecule has 41 heavy (non-hydrogen) atoms. The minimum Gasteiger partial charge on any atom is -0.493 e. The Morgan fingerprint density at radius 3 is 2.27 bits per heavy atom. The Bertz CT molecular complexity index is 1650. The summed E-state index contributed by atoms with van der Waals surface area (Å²) in [5.74, 6) is 1.59. The fourth-order valence-electron chi connectivity index (χ4n) is 5.28. The highest BCUT2D eigenvalue weighted by molar-refractivity contribution is 5.80. The highest BCUT2D eigenvalue weighted by atomic mass is 16.5. The second-order valence-corrected chi connectivity index (χ2v) is 9.87. The average molecular weight is 560 g/mol. The number of amides is 1. The van der Waals surface area contributed by atoms with Crippen LogP contribution in [0.2, 0.25) is 0 Å². The molecule has 0 N–H and O–H groups in total. The Morgan fingerprint density at radius 2 is 1.59 bits per heavy atom. The molecule has 0 unspecified atom stereocenters. The van der Waals surface area contributed by atoms with Crippen LogP contribution in [0.1, 0.15) is 30.0 Å². The topological polar surface area (TPSA) is 101 Å². The molecule has 1 amide bonds. The third-order valence-electron chi connectivity index (χ3n) is 7.44. The maximum atomic E-state index is 14.0. The van der Waals surface area contributed by atoms with Gasteiger partial charge < -0.3 is 23.8 Å². The Morgan fingerprint density at radius 1 is 0.854 bits per heavy atom. The van der Waals surface area contributed by atoms with E-state index < -0.39 is 11.2 Å². The van der Waals surface area contributed by atoms with Crippen LogP contribution in [0.25, 0.3) is 10.9 Å². The number of likely N-dealkylation sites (tertiary alicyclic amines) is 1. The number of hydrogen-bond donors (Lipinski definition) is 0. The molecule has 0 saturated carbocycles. The van der Waals surface area contributed by atoms with Crippen LogP contribution in [-0.4, -0.2) is 54.5 Å². The van der Waals surface area contributed by atoms with Crippen molar-refractivity contribution in [2.24, 2.45) is 0 Å². The van der Waals surface area contributed by atoms with Crippen molar-refractivity contribution in [1.82, 2.24) is 14.0 Å². The average Bonchev–Trinajstić information content (AvgIpc) is 3.02. The zero-order valence-electron chi connectivity index (χ0n) is 23.4. The van der Waals surface area contributed by atoms with Crippen molar-refractivity contribution >= 4 is 17.0 Å². The Kier molecular flexibility index (Phi) is 8.28. The monoisotopic (exact) mass is 559 g/mol. The molecule has 10 nitrogen and oxygen atoms in total. The first-order valence-corrected chi connectivity index (χ1v) is 13.4. The van der Waals surface area contributed by atoms with Gasteiger partial charge in [-0.1, -0.05) is 36.4 Å². The summed E-state index contributed by atoms with van der Waals surface area (Å²) in [7, 11) is 4.44. The van der Waals surface area contributed by atoms with Crippen molar-refractivity contribution in [2.75, 3.05) is 34.4 Å². The number of fused-ring (bicyclic) bond motifs is 1. The summed E-state index contributed by atoms with van der Waals surface area (Å²) < 4.78 is 24.6. The molecule has 1 aliphatic rings. The van der Waals surface area contributed by atoms with E-state index in [2.05, 4.69) is 0 Å². The first-order valence-electron chi connectivity index (χ1n) is 13.4. The SMILES string of the molecule is COC(=O)N1CCC(n2c(=O)n(Cc3ccc(OC)c(OC)c3)c(=O)c3cc(OCc4ccccc4)ccc32)CC1. The molecule has 1 aliphatic heterocycles. The predicted octanol–water partition coefficient (Wildman–Crippen LogP) is 4.21. The van der Waals surface area contributed by atoms with Crippen molar-refractivity contribution < 1.29 is 23.7 Å². The molecule has 2 heterocycles. The number of aromatic nitrogens is 2. The standard InChI is InChI=1S/C31H33N3O7/c1-38-27-12-9-22(17-28(27)39-2)19-33-29(35)25-18-24(41-20-21-7-5-4-6-8-21)10-11-26(25)34(30(33)36)23-13-15-32(16-14-23)31(37)40-3/h4-12,17-18,23H,13-16,19-20H2,1-3H3. The number of methoxy groups -OCH3 is 3. The van der Waals surface area contributed by atoms with E-state index in [1.165, 1.54) is 18.8 Å². The summed E-state index contributed by atoms with van der Waals surface area (Å²) in [5, 5.41) is 0.381. The van der Waals surface area contributed by atoms with Gasteiger partial charge in [-0.15, -0.1) is 0 Å². The summed E-state index contributed by atoms with van der Waals surface area (Å²) in [6, 6.07) is 20.1. The molecular weight excluding hydrogens is 526 g/mol. The maximum absolute atomic E-state index is 14.0. The van der Waals surface area contributed by atoms with Gasteiger partial charge in [0, 0.05) is 19.1 Å². The summed E-state index contributed by atoms with van der Waals surface area (Å²) in [5.41, 5.74) is 1.43. The lowest BCUT2D eigenvalue weighted by Gasteiger charge is -2.32. The third-order valence-corrected chi connectivity index (χ3v) is 7.44. The van der Waals surface area contributed by atoms with Crippen LogP contribution in [0, 0.1) is 0 Å². The first-order chi connectivity index (χ1) is 19.9. The zero-order valence-corrected chi connectivity index (χ0v) is 23.4. The number of carbonyl (C=O) groups is 1. The molecule has 1 saturated heterocycles. The summed E-state index contributed by atoms with van der Waals surface area (Å²) in [6.45, 7) is 1.28. The summed E-state index contributed by atoms with van der Waals surface area (Å²) >= 11 is 0. The van der Waals surface area contributed by atoms with Crippen LogP contribution in [0.3, 0.4) is 0 Å². The van der Waals surface area contributed by atoms with Crippen LogP contribution < -0.4 is 25.5 Å². The van der Waals surface area contributed by atoms with Crippen LogP contribution >= 0.6 is 0 Å². The van der Waals surface area contributed by atoms with Crippen molar-refractivity contribution in [3.63, 3.8) is 0 Å². The quantitative estimate of drug-likeness (QED) is 0.319. The Balaban J connectivity index is 1.57. The fourth-order valence-corrected chi connectivity index (χ4v) is 5.28. The van der Waals surface area contributed by atoms with E-state index in [1.54, 1.807) is 53.0 Å². The van der Waals surface area contributed by atoms with Gasteiger partial charge in [0.1, 0.15) is 12.4 Å². The summed E-state index contributed by atoms with van der Waals surface area (Å²) in [4.78, 5) is 41.5. The first kappa shape index (κ1) is 27.8. The van der Waals surface area contributed by atoms with Gasteiger partial charge in [0.05, 0.1) is 38.8 Å². The second kappa shape index (κ2) is 12.2. The highest BCUT2D eigenvalue weighted by Crippen LogP contribution is 2.29. The molecule has 1 aromatic heterocycles. The van der Waals surface area contributed by atoms with Crippen LogP contribution in [0.4, 0.5) is 4.79 Å². The molecule has 1 fully saturated rings. The molecule has 0 atom stereocenters. The highest BCUT2D eigenvalue weighted by Gasteiger charge is 2.27. The molecule has 0 radical (unpaired) electrons. The van der Waals surface area contributed by atoms with E-state index in [4.69, 9.17) is 18.9 Å². The van der Waals surface area contributed by atoms with Crippen LogP contribution in [-0.2, 0) is 17.9 Å². The van der Waals surface area contributed by atoms with E-state index in [1.807, 2.05) is 30.3 Å². The largest absolute Gasteiger partial charge is 0.493 e. The van der Waals surface area contributed by atoms with E-state index >= 15 is 0 Å². The number of rotatable bonds is 8. The lowest BCUT2D eigenvalue weighted by atomic mass is 10.0. The lowest BCUT2D eigenvalue weighted by molar-refractivity contribution is 0.107. The van der Waals surface area contributed by atoms with Gasteiger partial charge >= 0.3 is 11.8 Å². The van der Waals surface area contributed by atoms with E-state index in [0.29, 0.717) is 66.3 Å².